The SMILES string of the molecule is CCc1ccc(C(C)NC(=O)c2c3c(nc4ccccc24)CCN(CC)C3)cc1. The van der Waals surface area contributed by atoms with Crippen molar-refractivity contribution in [2.45, 2.75) is 46.2 Å². The molecule has 4 rings (SSSR count). The van der Waals surface area contributed by atoms with Crippen LogP contribution in [0.5, 0.6) is 0 Å². The Morgan fingerprint density at radius 3 is 2.62 bits per heavy atom. The van der Waals surface area contributed by atoms with E-state index in [-0.39, 0.29) is 11.9 Å². The molecule has 3 aromatic rings. The van der Waals surface area contributed by atoms with Gasteiger partial charge in [-0.15, -0.1) is 0 Å². The second-order valence-electron chi connectivity index (χ2n) is 7.84. The average molecular weight is 388 g/mol. The molecule has 1 aliphatic rings. The van der Waals surface area contributed by atoms with E-state index in [2.05, 4.69) is 48.3 Å². The highest BCUT2D eigenvalue weighted by Crippen LogP contribution is 2.28. The Labute approximate surface area is 173 Å². The van der Waals surface area contributed by atoms with Crippen LogP contribution in [0.15, 0.2) is 48.5 Å². The summed E-state index contributed by atoms with van der Waals surface area (Å²) < 4.78 is 0. The topological polar surface area (TPSA) is 45.2 Å². The number of benzene rings is 2. The number of aryl methyl sites for hydroxylation is 1. The molecule has 1 aliphatic heterocycles. The minimum Gasteiger partial charge on any atom is -0.345 e. The van der Waals surface area contributed by atoms with Gasteiger partial charge >= 0.3 is 0 Å². The Morgan fingerprint density at radius 2 is 1.90 bits per heavy atom. The van der Waals surface area contributed by atoms with Gasteiger partial charge in [0, 0.05) is 36.2 Å². The molecule has 29 heavy (non-hydrogen) atoms. The predicted molar refractivity (Wildman–Crippen MR) is 118 cm³/mol. The van der Waals surface area contributed by atoms with E-state index in [4.69, 9.17) is 4.98 Å². The van der Waals surface area contributed by atoms with Gasteiger partial charge in [-0.3, -0.25) is 14.7 Å². The lowest BCUT2D eigenvalue weighted by Crippen LogP contribution is -2.34. The fourth-order valence-corrected chi connectivity index (χ4v) is 4.17. The molecule has 4 heteroatoms. The van der Waals surface area contributed by atoms with E-state index in [1.165, 1.54) is 5.56 Å². The number of amides is 1. The van der Waals surface area contributed by atoms with Crippen LogP contribution in [0.1, 0.15) is 59.6 Å². The third-order valence-corrected chi connectivity index (χ3v) is 6.04. The van der Waals surface area contributed by atoms with Crippen molar-refractivity contribution in [3.05, 3.63) is 76.5 Å². The Balaban J connectivity index is 1.70. The Bertz CT molecular complexity index is 1030. The first-order chi connectivity index (χ1) is 14.1. The van der Waals surface area contributed by atoms with Crippen molar-refractivity contribution >= 4 is 16.8 Å². The smallest absolute Gasteiger partial charge is 0.252 e. The summed E-state index contributed by atoms with van der Waals surface area (Å²) in [5.74, 6) is -0.00938. The van der Waals surface area contributed by atoms with Crippen LogP contribution in [-0.4, -0.2) is 28.9 Å². The van der Waals surface area contributed by atoms with Gasteiger partial charge in [0.25, 0.3) is 5.91 Å². The number of likely N-dealkylation sites (N-methyl/N-ethyl adjacent to an activating group) is 1. The lowest BCUT2D eigenvalue weighted by atomic mass is 9.94. The van der Waals surface area contributed by atoms with Crippen molar-refractivity contribution in [1.82, 2.24) is 15.2 Å². The first-order valence-corrected chi connectivity index (χ1v) is 10.6. The van der Waals surface area contributed by atoms with Crippen LogP contribution < -0.4 is 5.32 Å². The number of nitrogens with zero attached hydrogens (tertiary/aromatic N) is 2. The molecule has 0 saturated heterocycles. The average Bonchev–Trinajstić information content (AvgIpc) is 2.76. The van der Waals surface area contributed by atoms with Crippen molar-refractivity contribution in [1.29, 1.82) is 0 Å². The third kappa shape index (κ3) is 3.90. The molecular formula is C25H29N3O. The highest BCUT2D eigenvalue weighted by atomic mass is 16.1. The maximum atomic E-state index is 13.5. The highest BCUT2D eigenvalue weighted by molar-refractivity contribution is 6.07. The van der Waals surface area contributed by atoms with Crippen molar-refractivity contribution in [2.75, 3.05) is 13.1 Å². The van der Waals surface area contributed by atoms with Crippen LogP contribution in [0.4, 0.5) is 0 Å². The molecular weight excluding hydrogens is 358 g/mol. The molecule has 0 radical (unpaired) electrons. The highest BCUT2D eigenvalue weighted by Gasteiger charge is 2.26. The number of rotatable bonds is 5. The molecule has 2 heterocycles. The van der Waals surface area contributed by atoms with E-state index in [1.54, 1.807) is 0 Å². The van der Waals surface area contributed by atoms with Gasteiger partial charge in [0.05, 0.1) is 17.1 Å². The number of nitrogens with one attached hydrogen (secondary N) is 1. The minimum atomic E-state index is -0.0538. The van der Waals surface area contributed by atoms with E-state index in [1.807, 2.05) is 31.2 Å². The van der Waals surface area contributed by atoms with E-state index < -0.39 is 0 Å². The van der Waals surface area contributed by atoms with Crippen molar-refractivity contribution in [3.63, 3.8) is 0 Å². The molecule has 1 aromatic heterocycles. The summed E-state index contributed by atoms with van der Waals surface area (Å²) in [5.41, 5.74) is 6.28. The van der Waals surface area contributed by atoms with Crippen molar-refractivity contribution in [3.8, 4) is 0 Å². The van der Waals surface area contributed by atoms with Crippen LogP contribution in [-0.2, 0) is 19.4 Å². The maximum absolute atomic E-state index is 13.5. The number of hydrogen-bond donors (Lipinski definition) is 1. The van der Waals surface area contributed by atoms with E-state index >= 15 is 0 Å². The summed E-state index contributed by atoms with van der Waals surface area (Å²) in [4.78, 5) is 20.7. The first-order valence-electron chi connectivity index (χ1n) is 10.6. The molecule has 0 bridgehead atoms. The van der Waals surface area contributed by atoms with Gasteiger partial charge < -0.3 is 5.32 Å². The Morgan fingerprint density at radius 1 is 1.14 bits per heavy atom. The molecule has 150 valence electrons. The van der Waals surface area contributed by atoms with Gasteiger partial charge in [0.15, 0.2) is 0 Å². The zero-order chi connectivity index (χ0) is 20.4. The zero-order valence-corrected chi connectivity index (χ0v) is 17.5. The molecule has 0 aliphatic carbocycles. The standard InChI is InChI=1S/C25H29N3O/c1-4-18-10-12-19(13-11-18)17(3)26-25(29)24-20-8-6-7-9-22(20)27-23-14-15-28(5-2)16-21(23)24/h6-13,17H,4-5,14-16H2,1-3H3,(H,26,29). The summed E-state index contributed by atoms with van der Waals surface area (Å²) in [6.07, 6.45) is 1.91. The summed E-state index contributed by atoms with van der Waals surface area (Å²) in [6.45, 7) is 9.13. The summed E-state index contributed by atoms with van der Waals surface area (Å²) >= 11 is 0. The molecule has 1 amide bonds. The summed E-state index contributed by atoms with van der Waals surface area (Å²) in [5, 5.41) is 4.18. The van der Waals surface area contributed by atoms with Crippen LogP contribution >= 0.6 is 0 Å². The monoisotopic (exact) mass is 387 g/mol. The minimum absolute atomic E-state index is 0.00938. The fraction of sp³-hybridized carbons (Fsp3) is 0.360. The molecule has 1 atom stereocenters. The van der Waals surface area contributed by atoms with Gasteiger partial charge in [-0.25, -0.2) is 0 Å². The number of hydrogen-bond acceptors (Lipinski definition) is 3. The zero-order valence-electron chi connectivity index (χ0n) is 17.5. The van der Waals surface area contributed by atoms with Crippen LogP contribution in [0.2, 0.25) is 0 Å². The number of pyridine rings is 1. The van der Waals surface area contributed by atoms with Gasteiger partial charge in [0.2, 0.25) is 0 Å². The summed E-state index contributed by atoms with van der Waals surface area (Å²) in [7, 11) is 0. The first kappa shape index (κ1) is 19.6. The third-order valence-electron chi connectivity index (χ3n) is 6.04. The molecule has 0 fully saturated rings. The molecule has 4 nitrogen and oxygen atoms in total. The van der Waals surface area contributed by atoms with Gasteiger partial charge in [-0.05, 0) is 37.1 Å². The van der Waals surface area contributed by atoms with Crippen molar-refractivity contribution < 1.29 is 4.79 Å². The molecule has 0 saturated carbocycles. The number of fused-ring (bicyclic) bond motifs is 2. The predicted octanol–water partition coefficient (Wildman–Crippen LogP) is 4.67. The largest absolute Gasteiger partial charge is 0.345 e. The van der Waals surface area contributed by atoms with E-state index in [0.29, 0.717) is 0 Å². The van der Waals surface area contributed by atoms with E-state index in [0.717, 1.165) is 65.8 Å². The fourth-order valence-electron chi connectivity index (χ4n) is 4.17. The van der Waals surface area contributed by atoms with Gasteiger partial charge in [0.1, 0.15) is 0 Å². The van der Waals surface area contributed by atoms with Crippen LogP contribution in [0, 0.1) is 0 Å². The molecule has 0 spiro atoms. The maximum Gasteiger partial charge on any atom is 0.252 e. The summed E-state index contributed by atoms with van der Waals surface area (Å²) in [6, 6.07) is 16.5. The van der Waals surface area contributed by atoms with E-state index in [9.17, 15) is 4.79 Å². The second-order valence-corrected chi connectivity index (χ2v) is 7.84. The number of carbonyl (C=O) groups is 1. The van der Waals surface area contributed by atoms with Crippen LogP contribution in [0.25, 0.3) is 10.9 Å². The number of para-hydroxylation sites is 1. The quantitative estimate of drug-likeness (QED) is 0.692. The van der Waals surface area contributed by atoms with Crippen LogP contribution in [0.3, 0.4) is 0 Å². The lowest BCUT2D eigenvalue weighted by molar-refractivity contribution is 0.0938. The Hall–Kier alpha value is -2.72. The number of carbonyl (C=O) groups excluding carboxylic acids is 1. The number of aromatic nitrogens is 1. The second kappa shape index (κ2) is 8.34. The lowest BCUT2D eigenvalue weighted by Gasteiger charge is -2.29. The molecule has 2 aromatic carbocycles. The molecule has 1 N–H and O–H groups in total. The normalized spacial score (nSPS) is 15.1. The van der Waals surface area contributed by atoms with Gasteiger partial charge in [-0.1, -0.05) is 56.3 Å². The Kier molecular flexibility index (Phi) is 5.63. The van der Waals surface area contributed by atoms with Gasteiger partial charge in [-0.2, -0.15) is 0 Å². The molecule has 1 unspecified atom stereocenters. The van der Waals surface area contributed by atoms with Crippen molar-refractivity contribution in [2.24, 2.45) is 0 Å².